The molecular formula is C7H9O3Re-. The Morgan fingerprint density at radius 1 is 0.818 bits per heavy atom. The number of hydrogen-bond acceptors (Lipinski definition) is 3. The van der Waals surface area contributed by atoms with E-state index in [-0.39, 0.29) is 40.2 Å². The molecule has 0 aromatic rings. The van der Waals surface area contributed by atoms with Gasteiger partial charge in [0.05, 0.1) is 0 Å². The van der Waals surface area contributed by atoms with E-state index in [9.17, 15) is 0 Å². The summed E-state index contributed by atoms with van der Waals surface area (Å²) >= 11 is 0. The fourth-order valence-electron chi connectivity index (χ4n) is 0.479. The van der Waals surface area contributed by atoms with Crippen LogP contribution in [0.15, 0.2) is 0 Å². The Balaban J connectivity index is 0. The minimum Gasteiger partial charge on any atom is -0.404 e. The molecule has 4 heteroatoms. The van der Waals surface area contributed by atoms with Crippen LogP contribution < -0.4 is 0 Å². The monoisotopic (exact) mass is 328 g/mol. The summed E-state index contributed by atoms with van der Waals surface area (Å²) in [6, 6.07) is 0. The summed E-state index contributed by atoms with van der Waals surface area (Å²) < 4.78 is 12.9. The van der Waals surface area contributed by atoms with Gasteiger partial charge in [0.2, 0.25) is 0 Å². The largest absolute Gasteiger partial charge is 0.404 e. The summed E-state index contributed by atoms with van der Waals surface area (Å²) in [6.45, 7) is 0.692. The zero-order chi connectivity index (χ0) is 7.82. The maximum absolute atomic E-state index is 4.78. The van der Waals surface area contributed by atoms with Gasteiger partial charge in [0, 0.05) is 20.4 Å². The van der Waals surface area contributed by atoms with E-state index in [0.717, 1.165) is 5.92 Å². The summed E-state index contributed by atoms with van der Waals surface area (Å²) in [5, 5.41) is 0. The van der Waals surface area contributed by atoms with Crippen molar-refractivity contribution in [3.63, 3.8) is 0 Å². The van der Waals surface area contributed by atoms with Crippen molar-refractivity contribution in [2.24, 2.45) is 0 Å². The Bertz CT molecular complexity index is 56.4. The van der Waals surface area contributed by atoms with Gasteiger partial charge < -0.3 is 14.2 Å². The minimum atomic E-state index is 0. The van der Waals surface area contributed by atoms with Crippen LogP contribution in [0.2, 0.25) is 0 Å². The van der Waals surface area contributed by atoms with E-state index in [4.69, 9.17) is 21.3 Å². The van der Waals surface area contributed by atoms with E-state index in [2.05, 4.69) is 14.2 Å². The predicted molar refractivity (Wildman–Crippen MR) is 34.0 cm³/mol. The molecule has 0 spiro atoms. The van der Waals surface area contributed by atoms with Gasteiger partial charge in [-0.15, -0.1) is 0 Å². The SMILES string of the molecule is [CH]OC[C-](CO[CH])CO[CH].[Re]. The second-order valence-corrected chi connectivity index (χ2v) is 1.68. The first kappa shape index (κ1) is 14.1. The topological polar surface area (TPSA) is 27.7 Å². The molecule has 3 nitrogen and oxygen atoms in total. The Morgan fingerprint density at radius 2 is 1.09 bits per heavy atom. The Morgan fingerprint density at radius 3 is 1.27 bits per heavy atom. The van der Waals surface area contributed by atoms with Gasteiger partial charge in [-0.05, 0) is 0 Å². The molecule has 0 fully saturated rings. The predicted octanol–water partition coefficient (Wildman–Crippen LogP) is 0.614. The molecule has 0 aliphatic heterocycles. The molecule has 0 aromatic carbocycles. The van der Waals surface area contributed by atoms with Gasteiger partial charge >= 0.3 is 0 Å². The molecule has 0 saturated carbocycles. The molecule has 0 aliphatic carbocycles. The molecule has 0 amide bonds. The summed E-state index contributed by atoms with van der Waals surface area (Å²) in [5.41, 5.74) is 0. The van der Waals surface area contributed by atoms with E-state index in [1.165, 1.54) is 0 Å². The van der Waals surface area contributed by atoms with Crippen molar-refractivity contribution in [2.75, 3.05) is 19.8 Å². The number of hydrogen-bond donors (Lipinski definition) is 0. The summed E-state index contributed by atoms with van der Waals surface area (Å²) in [6.07, 6.45) is 0. The van der Waals surface area contributed by atoms with E-state index < -0.39 is 0 Å². The zero-order valence-electron chi connectivity index (χ0n) is 5.96. The van der Waals surface area contributed by atoms with Gasteiger partial charge in [-0.3, -0.25) is 0 Å². The van der Waals surface area contributed by atoms with Crippen LogP contribution in [0.3, 0.4) is 0 Å². The second-order valence-electron chi connectivity index (χ2n) is 1.68. The molecule has 11 heavy (non-hydrogen) atoms. The van der Waals surface area contributed by atoms with Crippen LogP contribution in [0.1, 0.15) is 0 Å². The maximum atomic E-state index is 4.78. The first-order valence-electron chi connectivity index (χ1n) is 2.63. The van der Waals surface area contributed by atoms with E-state index in [0.29, 0.717) is 0 Å². The first-order valence-corrected chi connectivity index (χ1v) is 2.63. The van der Waals surface area contributed by atoms with Crippen LogP contribution in [0.25, 0.3) is 0 Å². The van der Waals surface area contributed by atoms with E-state index in [1.807, 2.05) is 0 Å². The molecule has 0 saturated heterocycles. The van der Waals surface area contributed by atoms with Crippen molar-refractivity contribution in [3.05, 3.63) is 27.2 Å². The molecule has 0 bridgehead atoms. The van der Waals surface area contributed by atoms with Gasteiger partial charge in [0.1, 0.15) is 21.3 Å². The third kappa shape index (κ3) is 8.45. The summed E-state index contributed by atoms with van der Waals surface area (Å²) in [5.74, 6) is 0.743. The van der Waals surface area contributed by atoms with Crippen molar-refractivity contribution in [2.45, 2.75) is 0 Å². The van der Waals surface area contributed by atoms with E-state index in [1.54, 1.807) is 0 Å². The molecule has 0 aromatic heterocycles. The average molecular weight is 327 g/mol. The summed E-state index contributed by atoms with van der Waals surface area (Å²) in [4.78, 5) is 0. The molecule has 7 radical (unpaired) electrons. The second kappa shape index (κ2) is 10.5. The van der Waals surface area contributed by atoms with Gasteiger partial charge in [0.25, 0.3) is 0 Å². The summed E-state index contributed by atoms with van der Waals surface area (Å²) in [7, 11) is 14.3. The molecule has 0 N–H and O–H groups in total. The molecule has 0 atom stereocenters. The number of rotatable bonds is 6. The van der Waals surface area contributed by atoms with Crippen LogP contribution in [-0.2, 0) is 34.6 Å². The Labute approximate surface area is 82.0 Å². The standard InChI is InChI=1S/C7H9O3.Re/c1-8-4-7(5-9-2)6-10-3;/h1-3H,4-6H2;/q-1;. The van der Waals surface area contributed by atoms with Crippen molar-refractivity contribution in [1.82, 2.24) is 0 Å². The third-order valence-electron chi connectivity index (χ3n) is 0.862. The van der Waals surface area contributed by atoms with Gasteiger partial charge in [-0.2, -0.15) is 0 Å². The van der Waals surface area contributed by atoms with Crippen molar-refractivity contribution < 1.29 is 34.6 Å². The van der Waals surface area contributed by atoms with Crippen molar-refractivity contribution in [3.8, 4) is 0 Å². The molecule has 0 heterocycles. The molecule has 63 valence electrons. The van der Waals surface area contributed by atoms with E-state index >= 15 is 0 Å². The quantitative estimate of drug-likeness (QED) is 0.669. The van der Waals surface area contributed by atoms with Gasteiger partial charge in [-0.1, -0.05) is 19.8 Å². The average Bonchev–Trinajstić information content (AvgIpc) is 1.90. The normalized spacial score (nSPS) is 9.82. The van der Waals surface area contributed by atoms with Crippen LogP contribution in [0, 0.1) is 27.2 Å². The van der Waals surface area contributed by atoms with Crippen LogP contribution in [0.4, 0.5) is 0 Å². The fourth-order valence-corrected chi connectivity index (χ4v) is 0.479. The molecular weight excluding hydrogens is 318 g/mol. The molecule has 0 aliphatic rings. The van der Waals surface area contributed by atoms with Crippen LogP contribution >= 0.6 is 0 Å². The number of ether oxygens (including phenoxy) is 3. The van der Waals surface area contributed by atoms with Crippen LogP contribution in [0.5, 0.6) is 0 Å². The Kier molecular flexibility index (Phi) is 13.5. The Hall–Kier alpha value is 0.542. The van der Waals surface area contributed by atoms with Gasteiger partial charge in [0.15, 0.2) is 0 Å². The smallest absolute Gasteiger partial charge is 0.111 e. The fraction of sp³-hybridized carbons (Fsp3) is 0.429. The third-order valence-corrected chi connectivity index (χ3v) is 0.862. The molecule has 0 rings (SSSR count). The van der Waals surface area contributed by atoms with Crippen molar-refractivity contribution in [1.29, 1.82) is 0 Å². The minimum absolute atomic E-state index is 0. The zero-order valence-corrected chi connectivity index (χ0v) is 8.67. The van der Waals surface area contributed by atoms with Gasteiger partial charge in [-0.25, -0.2) is 5.92 Å². The maximum Gasteiger partial charge on any atom is 0.111 e. The first-order chi connectivity index (χ1) is 4.85. The van der Waals surface area contributed by atoms with Crippen LogP contribution in [-0.4, -0.2) is 19.8 Å². The molecule has 0 unspecified atom stereocenters. The van der Waals surface area contributed by atoms with Crippen molar-refractivity contribution >= 4 is 0 Å².